The van der Waals surface area contributed by atoms with Gasteiger partial charge in [0, 0.05) is 0 Å². The van der Waals surface area contributed by atoms with E-state index < -0.39 is 5.82 Å². The van der Waals surface area contributed by atoms with Crippen molar-refractivity contribution < 1.29 is 39.9 Å². The topological polar surface area (TPSA) is 88.3 Å². The normalized spacial score (nSPS) is 19.4. The molecular weight excluding hydrogens is 550 g/mol. The molecule has 5 rings (SSSR count). The van der Waals surface area contributed by atoms with Crippen molar-refractivity contribution in [3.63, 3.8) is 0 Å². The number of hydrogen-bond donors (Lipinski definition) is 3. The number of aromatic nitrogens is 2. The van der Waals surface area contributed by atoms with E-state index in [1.54, 1.807) is 24.5 Å². The van der Waals surface area contributed by atoms with Gasteiger partial charge in [0.2, 0.25) is 0 Å². The second-order valence-corrected chi connectivity index (χ2v) is 11.3. The zero-order valence-electron chi connectivity index (χ0n) is 18.9. The summed E-state index contributed by atoms with van der Waals surface area (Å²) in [6, 6.07) is 6.54. The molecule has 7 nitrogen and oxygen atoms in total. The number of alkyl halides is 2. The molecule has 34 heavy (non-hydrogen) atoms. The number of rotatable bonds is 3. The number of nitrogens with one attached hydrogen (secondary N) is 3. The number of benzene rings is 1. The second kappa shape index (κ2) is 9.65. The van der Waals surface area contributed by atoms with Gasteiger partial charge in [-0.05, 0) is 0 Å². The summed E-state index contributed by atoms with van der Waals surface area (Å²) in [5.74, 6) is 0.0627. The van der Waals surface area contributed by atoms with Gasteiger partial charge in [-0.15, -0.1) is 0 Å². The number of carbonyl (C=O) groups is 1. The number of methoxy groups -OCH3 is 1. The van der Waals surface area contributed by atoms with Crippen LogP contribution in [0.15, 0.2) is 48.3 Å². The molecule has 2 aromatic heterocycles. The Morgan fingerprint density at radius 2 is 2.21 bits per heavy atom. The van der Waals surface area contributed by atoms with Gasteiger partial charge in [0.15, 0.2) is 0 Å². The minimum atomic E-state index is -0.482. The van der Waals surface area contributed by atoms with Crippen LogP contribution in [0.5, 0.6) is 11.5 Å². The molecule has 0 saturated heterocycles. The Hall–Kier alpha value is -3.08. The number of ether oxygens (including phenoxy) is 2. The molecular formula is C25H25FIN4O3-. The Labute approximate surface area is 207 Å². The first-order valence-corrected chi connectivity index (χ1v) is 13.8. The molecule has 4 heterocycles. The average Bonchev–Trinajstić information content (AvgIpc) is 3.21. The van der Waals surface area contributed by atoms with Gasteiger partial charge in [0.05, 0.1) is 0 Å². The van der Waals surface area contributed by atoms with Crippen molar-refractivity contribution in [3.05, 3.63) is 65.4 Å². The van der Waals surface area contributed by atoms with Gasteiger partial charge in [-0.2, -0.15) is 0 Å². The zero-order chi connectivity index (χ0) is 23.7. The van der Waals surface area contributed by atoms with Crippen LogP contribution in [0.2, 0.25) is 0 Å². The van der Waals surface area contributed by atoms with Crippen LogP contribution in [0.3, 0.4) is 0 Å². The second-order valence-electron chi connectivity index (χ2n) is 8.13. The Morgan fingerprint density at radius 1 is 1.32 bits per heavy atom. The third-order valence-corrected chi connectivity index (χ3v) is 9.61. The first-order chi connectivity index (χ1) is 16.6. The molecule has 178 valence electrons. The van der Waals surface area contributed by atoms with Gasteiger partial charge in [-0.1, -0.05) is 0 Å². The summed E-state index contributed by atoms with van der Waals surface area (Å²) < 4.78 is 27.1. The molecule has 2 bridgehead atoms. The van der Waals surface area contributed by atoms with Crippen molar-refractivity contribution >= 4 is 17.3 Å². The van der Waals surface area contributed by atoms with Crippen molar-refractivity contribution in [1.82, 2.24) is 15.3 Å². The van der Waals surface area contributed by atoms with E-state index in [-0.39, 0.29) is 36.8 Å². The minimum absolute atomic E-state index is 0.0879. The number of H-pyrrole nitrogens is 1. The molecule has 2 aliphatic heterocycles. The summed E-state index contributed by atoms with van der Waals surface area (Å²) >= 11 is -0.271. The van der Waals surface area contributed by atoms with Crippen LogP contribution in [0.4, 0.5) is 15.8 Å². The summed E-state index contributed by atoms with van der Waals surface area (Å²) in [6.07, 6.45) is 6.43. The van der Waals surface area contributed by atoms with Crippen LogP contribution < -0.4 is 41.3 Å². The molecule has 0 spiro atoms. The third kappa shape index (κ3) is 4.24. The van der Waals surface area contributed by atoms with Gasteiger partial charge in [-0.25, -0.2) is 0 Å². The molecule has 3 N–H and O–H groups in total. The summed E-state index contributed by atoms with van der Waals surface area (Å²) in [5.41, 5.74) is 5.32. The molecule has 0 unspecified atom stereocenters. The van der Waals surface area contributed by atoms with E-state index in [0.29, 0.717) is 41.5 Å². The molecule has 9 heteroatoms. The van der Waals surface area contributed by atoms with E-state index in [0.717, 1.165) is 22.1 Å². The van der Waals surface area contributed by atoms with Crippen molar-refractivity contribution in [2.45, 2.75) is 17.3 Å². The first kappa shape index (κ1) is 22.7. The maximum atomic E-state index is 14.4. The van der Waals surface area contributed by atoms with Crippen LogP contribution in [0, 0.1) is 5.82 Å². The summed E-state index contributed by atoms with van der Waals surface area (Å²) in [6.45, 7) is 3.29. The van der Waals surface area contributed by atoms with Gasteiger partial charge in [0.1, 0.15) is 0 Å². The molecule has 1 atom stereocenters. The van der Waals surface area contributed by atoms with E-state index in [9.17, 15) is 9.18 Å². The van der Waals surface area contributed by atoms with E-state index >= 15 is 0 Å². The molecule has 2 aliphatic rings. The van der Waals surface area contributed by atoms with Gasteiger partial charge in [0.25, 0.3) is 0 Å². The number of fused-ring (bicyclic) bond motifs is 3. The quantitative estimate of drug-likeness (QED) is 0.251. The van der Waals surface area contributed by atoms with E-state index in [4.69, 9.17) is 9.47 Å². The van der Waals surface area contributed by atoms with Gasteiger partial charge < -0.3 is 0 Å². The van der Waals surface area contributed by atoms with Crippen LogP contribution >= 0.6 is 0 Å². The molecule has 0 saturated carbocycles. The molecule has 0 aliphatic carbocycles. The maximum absolute atomic E-state index is 14.4. The Balaban J connectivity index is 1.72. The van der Waals surface area contributed by atoms with Crippen molar-refractivity contribution in [2.75, 3.05) is 30.0 Å². The number of hydrogen-bond acceptors (Lipinski definition) is 5. The fourth-order valence-corrected chi connectivity index (χ4v) is 7.19. The van der Waals surface area contributed by atoms with Gasteiger partial charge in [-0.3, -0.25) is 0 Å². The van der Waals surface area contributed by atoms with Crippen molar-refractivity contribution in [2.24, 2.45) is 0 Å². The number of nitrogens with zero attached hydrogens (tertiary/aromatic N) is 1. The van der Waals surface area contributed by atoms with Crippen LogP contribution in [-0.2, 0) is 0 Å². The molecule has 1 aromatic carbocycles. The molecule has 1 amide bonds. The molecule has 3 aromatic rings. The Bertz CT molecular complexity index is 1270. The Morgan fingerprint density at radius 3 is 3.06 bits per heavy atom. The fraction of sp³-hybridized carbons (Fsp3) is 0.280. The van der Waals surface area contributed by atoms with E-state index in [1.165, 1.54) is 18.7 Å². The molecule has 0 fully saturated rings. The standard InChI is InChI=1S/C25H25FIN4O3/c1-14-5-4-10-34-19-13-28-9-8-15(19)21-23(30-18-7-3-6-16(26)24(18)33-2)20-22(31-21)17(27-11-14)12-29-25(20)32/h3,5-9,13,17,30-31H,4,10-12H2,1-2H3,(H,29,32)/q-1/b14-5-/t17-/m1/s1. The predicted molar refractivity (Wildman–Crippen MR) is 124 cm³/mol. The van der Waals surface area contributed by atoms with Crippen LogP contribution in [0.1, 0.15) is 33.3 Å². The number of allylic oxidation sites excluding steroid dienone is 1. The number of para-hydroxylation sites is 1. The summed E-state index contributed by atoms with van der Waals surface area (Å²) in [5, 5.41) is 6.37. The summed E-state index contributed by atoms with van der Waals surface area (Å²) in [7, 11) is 1.42. The molecule has 0 radical (unpaired) electrons. The number of halogens is 2. The Kier molecular flexibility index (Phi) is 6.44. The van der Waals surface area contributed by atoms with Gasteiger partial charge >= 0.3 is 208 Å². The number of pyridine rings is 1. The summed E-state index contributed by atoms with van der Waals surface area (Å²) in [4.78, 5) is 20.9. The first-order valence-electron chi connectivity index (χ1n) is 11.0. The third-order valence-electron chi connectivity index (χ3n) is 5.84. The van der Waals surface area contributed by atoms with Crippen molar-refractivity contribution in [1.29, 1.82) is 0 Å². The number of amides is 1. The number of carbonyl (C=O) groups excluding carboxylic acids is 1. The van der Waals surface area contributed by atoms with Crippen LogP contribution in [-0.4, -0.2) is 40.6 Å². The predicted octanol–water partition coefficient (Wildman–Crippen LogP) is 1.57. The van der Waals surface area contributed by atoms with E-state index in [1.807, 2.05) is 6.07 Å². The number of anilines is 2. The zero-order valence-corrected chi connectivity index (χ0v) is 21.0. The monoisotopic (exact) mass is 575 g/mol. The SMILES string of the molecule is COc1c(F)cccc1Nc1c2[nH]c3c1C(=O)NC[C@H]3[I-]C/C(C)=C\CCOc1cnccc1-2. The van der Waals surface area contributed by atoms with E-state index in [2.05, 4.69) is 33.6 Å². The van der Waals surface area contributed by atoms with Crippen molar-refractivity contribution in [3.8, 4) is 22.8 Å². The average molecular weight is 575 g/mol. The van der Waals surface area contributed by atoms with Crippen LogP contribution in [0.25, 0.3) is 11.3 Å². The number of aromatic amines is 1. The fourth-order valence-electron chi connectivity index (χ4n) is 4.22.